The van der Waals surface area contributed by atoms with Gasteiger partial charge in [-0.05, 0) is 48.4 Å². The molecule has 2 rings (SSSR count). The molecule has 0 aliphatic heterocycles. The van der Waals surface area contributed by atoms with Gasteiger partial charge in [0.1, 0.15) is 11.5 Å². The van der Waals surface area contributed by atoms with E-state index >= 15 is 0 Å². The van der Waals surface area contributed by atoms with Crippen LogP contribution in [0.2, 0.25) is 10.0 Å². The summed E-state index contributed by atoms with van der Waals surface area (Å²) in [6.07, 6.45) is 0.750. The molecule has 0 saturated carbocycles. The van der Waals surface area contributed by atoms with Crippen molar-refractivity contribution in [2.24, 2.45) is 0 Å². The number of ether oxygens (including phenoxy) is 2. The Kier molecular flexibility index (Phi) is 7.12. The highest BCUT2D eigenvalue weighted by atomic mass is 35.5. The van der Waals surface area contributed by atoms with E-state index in [4.69, 9.17) is 32.7 Å². The fourth-order valence-corrected chi connectivity index (χ4v) is 2.57. The number of carbonyl (C=O) groups excluding carboxylic acids is 2. The molecule has 0 fully saturated rings. The van der Waals surface area contributed by atoms with E-state index in [9.17, 15) is 9.59 Å². The van der Waals surface area contributed by atoms with Gasteiger partial charge in [0.25, 0.3) is 11.8 Å². The van der Waals surface area contributed by atoms with E-state index in [-0.39, 0.29) is 12.2 Å². The SMILES string of the molecule is CCc1cc(OCC(=O)NNC(=O)c2cc(Cl)ccc2OC)ccc1Cl. The van der Waals surface area contributed by atoms with Crippen LogP contribution < -0.4 is 20.3 Å². The fraction of sp³-hybridized carbons (Fsp3) is 0.222. The molecule has 0 aliphatic rings. The molecule has 8 heteroatoms. The molecule has 6 nitrogen and oxygen atoms in total. The maximum absolute atomic E-state index is 12.2. The first-order valence-corrected chi connectivity index (χ1v) is 8.54. The van der Waals surface area contributed by atoms with Crippen molar-refractivity contribution in [3.63, 3.8) is 0 Å². The first-order valence-electron chi connectivity index (χ1n) is 7.78. The van der Waals surface area contributed by atoms with Gasteiger partial charge in [-0.1, -0.05) is 30.1 Å². The highest BCUT2D eigenvalue weighted by molar-refractivity contribution is 6.31. The molecule has 0 aromatic heterocycles. The molecule has 2 amide bonds. The van der Waals surface area contributed by atoms with E-state index < -0.39 is 11.8 Å². The molecule has 2 aromatic carbocycles. The van der Waals surface area contributed by atoms with Crippen molar-refractivity contribution in [3.8, 4) is 11.5 Å². The van der Waals surface area contributed by atoms with Crippen LogP contribution >= 0.6 is 23.2 Å². The van der Waals surface area contributed by atoms with Crippen molar-refractivity contribution in [1.29, 1.82) is 0 Å². The van der Waals surface area contributed by atoms with Crippen LogP contribution in [0.3, 0.4) is 0 Å². The summed E-state index contributed by atoms with van der Waals surface area (Å²) in [5.41, 5.74) is 5.69. The van der Waals surface area contributed by atoms with Crippen LogP contribution in [-0.2, 0) is 11.2 Å². The Morgan fingerprint density at radius 3 is 2.54 bits per heavy atom. The van der Waals surface area contributed by atoms with E-state index in [0.717, 1.165) is 12.0 Å². The minimum atomic E-state index is -0.558. The van der Waals surface area contributed by atoms with Crippen molar-refractivity contribution >= 4 is 35.0 Å². The van der Waals surface area contributed by atoms with Crippen molar-refractivity contribution in [1.82, 2.24) is 10.9 Å². The molecular weight excluding hydrogens is 379 g/mol. The van der Waals surface area contributed by atoms with Gasteiger partial charge in [-0.3, -0.25) is 20.4 Å². The molecular formula is C18H18Cl2N2O4. The van der Waals surface area contributed by atoms with Gasteiger partial charge in [0.15, 0.2) is 6.61 Å². The van der Waals surface area contributed by atoms with Gasteiger partial charge in [-0.25, -0.2) is 0 Å². The molecule has 2 aromatic rings. The van der Waals surface area contributed by atoms with Crippen LogP contribution in [0.15, 0.2) is 36.4 Å². The zero-order valence-electron chi connectivity index (χ0n) is 14.3. The summed E-state index contributed by atoms with van der Waals surface area (Å²) in [6, 6.07) is 9.75. The Morgan fingerprint density at radius 2 is 1.85 bits per heavy atom. The Balaban J connectivity index is 1.89. The molecule has 0 spiro atoms. The lowest BCUT2D eigenvalue weighted by Gasteiger charge is -2.12. The Bertz CT molecular complexity index is 812. The number of halogens is 2. The zero-order valence-corrected chi connectivity index (χ0v) is 15.8. The number of benzene rings is 2. The zero-order chi connectivity index (χ0) is 19.1. The molecule has 0 radical (unpaired) electrons. The third kappa shape index (κ3) is 5.28. The second-order valence-corrected chi connectivity index (χ2v) is 6.09. The summed E-state index contributed by atoms with van der Waals surface area (Å²) < 4.78 is 10.5. The minimum absolute atomic E-state index is 0.200. The third-order valence-electron chi connectivity index (χ3n) is 3.49. The lowest BCUT2D eigenvalue weighted by Crippen LogP contribution is -2.43. The van der Waals surface area contributed by atoms with Crippen molar-refractivity contribution < 1.29 is 19.1 Å². The van der Waals surface area contributed by atoms with Crippen molar-refractivity contribution in [2.45, 2.75) is 13.3 Å². The molecule has 0 unspecified atom stereocenters. The number of carbonyl (C=O) groups is 2. The van der Waals surface area contributed by atoms with E-state index in [1.165, 1.54) is 13.2 Å². The third-order valence-corrected chi connectivity index (χ3v) is 4.09. The summed E-state index contributed by atoms with van der Waals surface area (Å²) in [7, 11) is 1.43. The van der Waals surface area contributed by atoms with Gasteiger partial charge in [-0.2, -0.15) is 0 Å². The smallest absolute Gasteiger partial charge is 0.276 e. The number of rotatable bonds is 6. The van der Waals surface area contributed by atoms with Crippen LogP contribution in [0.25, 0.3) is 0 Å². The number of hydrogen-bond acceptors (Lipinski definition) is 4. The van der Waals surface area contributed by atoms with Gasteiger partial charge in [0, 0.05) is 10.0 Å². The Hall–Kier alpha value is -2.44. The number of aryl methyl sites for hydroxylation is 1. The van der Waals surface area contributed by atoms with Crippen molar-refractivity contribution in [3.05, 3.63) is 57.6 Å². The number of hydrazine groups is 1. The second-order valence-electron chi connectivity index (χ2n) is 5.24. The van der Waals surface area contributed by atoms with E-state index in [1.807, 2.05) is 6.92 Å². The average Bonchev–Trinajstić information content (AvgIpc) is 2.65. The van der Waals surface area contributed by atoms with Crippen LogP contribution in [0.5, 0.6) is 11.5 Å². The summed E-state index contributed by atoms with van der Waals surface area (Å²) in [5.74, 6) is -0.222. The fourth-order valence-electron chi connectivity index (χ4n) is 2.15. The summed E-state index contributed by atoms with van der Waals surface area (Å²) in [6.45, 7) is 1.70. The van der Waals surface area contributed by atoms with Gasteiger partial charge < -0.3 is 9.47 Å². The normalized spacial score (nSPS) is 10.2. The van der Waals surface area contributed by atoms with Gasteiger partial charge in [-0.15, -0.1) is 0 Å². The topological polar surface area (TPSA) is 76.7 Å². The largest absolute Gasteiger partial charge is 0.496 e. The van der Waals surface area contributed by atoms with Gasteiger partial charge in [0.2, 0.25) is 0 Å². The maximum Gasteiger partial charge on any atom is 0.276 e. The molecule has 138 valence electrons. The van der Waals surface area contributed by atoms with E-state index in [1.54, 1.807) is 30.3 Å². The summed E-state index contributed by atoms with van der Waals surface area (Å²) >= 11 is 11.9. The second kappa shape index (κ2) is 9.31. The van der Waals surface area contributed by atoms with Crippen LogP contribution in [0, 0.1) is 0 Å². The van der Waals surface area contributed by atoms with Crippen molar-refractivity contribution in [2.75, 3.05) is 13.7 Å². The lowest BCUT2D eigenvalue weighted by molar-refractivity contribution is -0.123. The maximum atomic E-state index is 12.2. The Labute approximate surface area is 161 Å². The first-order chi connectivity index (χ1) is 12.4. The molecule has 2 N–H and O–H groups in total. The molecule has 0 heterocycles. The molecule has 0 bridgehead atoms. The highest BCUT2D eigenvalue weighted by Gasteiger charge is 2.14. The molecule has 0 atom stereocenters. The number of hydrogen-bond donors (Lipinski definition) is 2. The lowest BCUT2D eigenvalue weighted by atomic mass is 10.1. The minimum Gasteiger partial charge on any atom is -0.496 e. The molecule has 26 heavy (non-hydrogen) atoms. The molecule has 0 saturated heterocycles. The highest BCUT2D eigenvalue weighted by Crippen LogP contribution is 2.23. The van der Waals surface area contributed by atoms with E-state index in [0.29, 0.717) is 21.5 Å². The van der Waals surface area contributed by atoms with Gasteiger partial charge in [0.05, 0.1) is 12.7 Å². The van der Waals surface area contributed by atoms with E-state index in [2.05, 4.69) is 10.9 Å². The first kappa shape index (κ1) is 19.9. The van der Waals surface area contributed by atoms with Crippen LogP contribution in [0.1, 0.15) is 22.8 Å². The van der Waals surface area contributed by atoms with Crippen LogP contribution in [-0.4, -0.2) is 25.5 Å². The summed E-state index contributed by atoms with van der Waals surface area (Å²) in [4.78, 5) is 24.0. The number of methoxy groups -OCH3 is 1. The molecule has 0 aliphatic carbocycles. The quantitative estimate of drug-likeness (QED) is 0.733. The number of nitrogens with one attached hydrogen (secondary N) is 2. The monoisotopic (exact) mass is 396 g/mol. The standard InChI is InChI=1S/C18H18Cl2N2O4/c1-3-11-8-13(5-6-15(11)20)26-10-17(23)21-22-18(24)14-9-12(19)4-7-16(14)25-2/h4-9H,3,10H2,1-2H3,(H,21,23)(H,22,24). The predicted molar refractivity (Wildman–Crippen MR) is 99.9 cm³/mol. The Morgan fingerprint density at radius 1 is 1.08 bits per heavy atom. The summed E-state index contributed by atoms with van der Waals surface area (Å²) in [5, 5.41) is 1.02. The average molecular weight is 397 g/mol. The predicted octanol–water partition coefficient (Wildman–Crippen LogP) is 3.40. The van der Waals surface area contributed by atoms with Crippen LogP contribution in [0.4, 0.5) is 0 Å². The van der Waals surface area contributed by atoms with Gasteiger partial charge >= 0.3 is 0 Å². The number of amides is 2.